The maximum absolute atomic E-state index is 11.2. The summed E-state index contributed by atoms with van der Waals surface area (Å²) in [6.45, 7) is 0. The van der Waals surface area contributed by atoms with Crippen LogP contribution in [0.15, 0.2) is 82.9 Å². The number of fused-ring (bicyclic) bond motifs is 1. The van der Waals surface area contributed by atoms with Gasteiger partial charge in [-0.25, -0.2) is 0 Å². The van der Waals surface area contributed by atoms with Gasteiger partial charge in [-0.15, -0.1) is 11.8 Å². The first-order valence-electron chi connectivity index (χ1n) is 8.19. The van der Waals surface area contributed by atoms with E-state index in [2.05, 4.69) is 4.98 Å². The Morgan fingerprint density at radius 3 is 2.77 bits per heavy atom. The SMILES string of the molecule is O=[N+]([O-])c1cccc([C@H]2CC(c3cccnc3)=Nc3ccccc3S2)c1. The summed E-state index contributed by atoms with van der Waals surface area (Å²) in [5.74, 6) is 0. The second kappa shape index (κ2) is 7.09. The molecule has 2 aromatic carbocycles. The van der Waals surface area contributed by atoms with Gasteiger partial charge in [0, 0.05) is 46.7 Å². The van der Waals surface area contributed by atoms with Crippen LogP contribution in [-0.2, 0) is 0 Å². The molecule has 2 heterocycles. The highest BCUT2D eigenvalue weighted by atomic mass is 32.2. The molecular weight excluding hydrogens is 346 g/mol. The maximum Gasteiger partial charge on any atom is 0.269 e. The molecule has 128 valence electrons. The largest absolute Gasteiger partial charge is 0.269 e. The Bertz CT molecular complexity index is 989. The van der Waals surface area contributed by atoms with E-state index in [0.717, 1.165) is 27.4 Å². The van der Waals surface area contributed by atoms with E-state index in [1.54, 1.807) is 30.1 Å². The number of aromatic nitrogens is 1. The van der Waals surface area contributed by atoms with Crippen molar-refractivity contribution >= 4 is 28.8 Å². The van der Waals surface area contributed by atoms with Gasteiger partial charge in [0.15, 0.2) is 0 Å². The highest BCUT2D eigenvalue weighted by molar-refractivity contribution is 7.99. The summed E-state index contributed by atoms with van der Waals surface area (Å²) in [6.07, 6.45) is 4.22. The zero-order valence-electron chi connectivity index (χ0n) is 13.8. The summed E-state index contributed by atoms with van der Waals surface area (Å²) in [5, 5.41) is 11.2. The fraction of sp³-hybridized carbons (Fsp3) is 0.100. The molecule has 6 heteroatoms. The lowest BCUT2D eigenvalue weighted by molar-refractivity contribution is -0.384. The quantitative estimate of drug-likeness (QED) is 0.466. The molecule has 1 aliphatic rings. The van der Waals surface area contributed by atoms with E-state index >= 15 is 0 Å². The lowest BCUT2D eigenvalue weighted by Gasteiger charge is -2.16. The van der Waals surface area contributed by atoms with Crippen molar-refractivity contribution in [3.63, 3.8) is 0 Å². The molecule has 0 radical (unpaired) electrons. The highest BCUT2D eigenvalue weighted by Gasteiger charge is 2.23. The number of non-ortho nitro benzene ring substituents is 1. The molecule has 1 aliphatic heterocycles. The summed E-state index contributed by atoms with van der Waals surface area (Å²) in [5.41, 5.74) is 3.87. The molecular formula is C20H15N3O2S. The molecule has 0 amide bonds. The van der Waals surface area contributed by atoms with Crippen LogP contribution in [0.4, 0.5) is 11.4 Å². The van der Waals surface area contributed by atoms with Crippen molar-refractivity contribution in [2.45, 2.75) is 16.6 Å². The molecule has 0 N–H and O–H groups in total. The van der Waals surface area contributed by atoms with E-state index in [-0.39, 0.29) is 15.9 Å². The number of pyridine rings is 1. The van der Waals surface area contributed by atoms with Gasteiger partial charge in [-0.2, -0.15) is 0 Å². The van der Waals surface area contributed by atoms with E-state index < -0.39 is 0 Å². The van der Waals surface area contributed by atoms with E-state index in [4.69, 9.17) is 4.99 Å². The van der Waals surface area contributed by atoms with Crippen LogP contribution in [0.25, 0.3) is 0 Å². The van der Waals surface area contributed by atoms with Gasteiger partial charge in [-0.1, -0.05) is 30.3 Å². The van der Waals surface area contributed by atoms with Gasteiger partial charge in [-0.05, 0) is 23.8 Å². The number of benzene rings is 2. The number of nitro benzene ring substituents is 1. The van der Waals surface area contributed by atoms with E-state index in [1.807, 2.05) is 48.7 Å². The number of hydrogen-bond acceptors (Lipinski definition) is 5. The average Bonchev–Trinajstić information content (AvgIpc) is 2.88. The Kier molecular flexibility index (Phi) is 4.50. The first kappa shape index (κ1) is 16.5. The Morgan fingerprint density at radius 2 is 1.96 bits per heavy atom. The fourth-order valence-electron chi connectivity index (χ4n) is 2.95. The number of aliphatic imine (C=N–C) groups is 1. The molecule has 0 spiro atoms. The third-order valence-corrected chi connectivity index (χ3v) is 5.54. The van der Waals surface area contributed by atoms with Gasteiger partial charge < -0.3 is 0 Å². The highest BCUT2D eigenvalue weighted by Crippen LogP contribution is 2.45. The van der Waals surface area contributed by atoms with Gasteiger partial charge in [0.25, 0.3) is 5.69 Å². The predicted molar refractivity (Wildman–Crippen MR) is 103 cm³/mol. The molecule has 3 aromatic rings. The fourth-order valence-corrected chi connectivity index (χ4v) is 4.17. The average molecular weight is 361 g/mol. The summed E-state index contributed by atoms with van der Waals surface area (Å²) in [6, 6.07) is 18.7. The monoisotopic (exact) mass is 361 g/mol. The van der Waals surface area contributed by atoms with E-state index in [0.29, 0.717) is 6.42 Å². The first-order valence-corrected chi connectivity index (χ1v) is 9.07. The van der Waals surface area contributed by atoms with Crippen LogP contribution in [0.1, 0.15) is 22.8 Å². The van der Waals surface area contributed by atoms with Gasteiger partial charge in [0.05, 0.1) is 16.3 Å². The molecule has 0 fully saturated rings. The van der Waals surface area contributed by atoms with Crippen molar-refractivity contribution in [2.75, 3.05) is 0 Å². The zero-order chi connectivity index (χ0) is 17.9. The van der Waals surface area contributed by atoms with Gasteiger partial charge >= 0.3 is 0 Å². The van der Waals surface area contributed by atoms with E-state index in [9.17, 15) is 10.1 Å². The first-order chi connectivity index (χ1) is 12.7. The van der Waals surface area contributed by atoms with Crippen LogP contribution in [0.2, 0.25) is 0 Å². The van der Waals surface area contributed by atoms with Crippen molar-refractivity contribution in [3.05, 3.63) is 94.3 Å². The third kappa shape index (κ3) is 3.36. The second-order valence-electron chi connectivity index (χ2n) is 5.93. The maximum atomic E-state index is 11.2. The van der Waals surface area contributed by atoms with Gasteiger partial charge in [-0.3, -0.25) is 20.1 Å². The third-order valence-electron chi connectivity index (χ3n) is 4.22. The molecule has 1 atom stereocenters. The van der Waals surface area contributed by atoms with Crippen molar-refractivity contribution in [1.82, 2.24) is 4.98 Å². The van der Waals surface area contributed by atoms with Gasteiger partial charge in [0.2, 0.25) is 0 Å². The van der Waals surface area contributed by atoms with Crippen molar-refractivity contribution in [2.24, 2.45) is 4.99 Å². The molecule has 1 aromatic heterocycles. The Balaban J connectivity index is 1.79. The Labute approximate surface area is 155 Å². The molecule has 26 heavy (non-hydrogen) atoms. The van der Waals surface area contributed by atoms with Crippen molar-refractivity contribution < 1.29 is 4.92 Å². The second-order valence-corrected chi connectivity index (χ2v) is 7.18. The topological polar surface area (TPSA) is 68.4 Å². The van der Waals surface area contributed by atoms with Crippen molar-refractivity contribution in [1.29, 1.82) is 0 Å². The number of thioether (sulfide) groups is 1. The number of para-hydroxylation sites is 1. The van der Waals surface area contributed by atoms with Crippen molar-refractivity contribution in [3.8, 4) is 0 Å². The predicted octanol–water partition coefficient (Wildman–Crippen LogP) is 5.35. The lowest BCUT2D eigenvalue weighted by atomic mass is 10.0. The Hall–Kier alpha value is -2.99. The summed E-state index contributed by atoms with van der Waals surface area (Å²) in [7, 11) is 0. The van der Waals surface area contributed by atoms with Crippen LogP contribution < -0.4 is 0 Å². The molecule has 0 bridgehead atoms. The molecule has 0 aliphatic carbocycles. The van der Waals surface area contributed by atoms with Crippen LogP contribution in [0.5, 0.6) is 0 Å². The minimum absolute atomic E-state index is 0.0394. The van der Waals surface area contributed by atoms with Crippen LogP contribution in [0, 0.1) is 10.1 Å². The standard InChI is InChI=1S/C20H15N3O2S/c24-23(25)16-7-3-5-14(11-16)20-12-18(15-6-4-10-21-13-15)22-17-8-1-2-9-19(17)26-20/h1-11,13,20H,12H2/t20-/m1/s1. The Morgan fingerprint density at radius 1 is 1.08 bits per heavy atom. The van der Waals surface area contributed by atoms with Crippen LogP contribution in [-0.4, -0.2) is 15.6 Å². The number of nitrogens with zero attached hydrogens (tertiary/aromatic N) is 3. The molecule has 5 nitrogen and oxygen atoms in total. The van der Waals surface area contributed by atoms with Crippen LogP contribution in [0.3, 0.4) is 0 Å². The minimum Gasteiger partial charge on any atom is -0.264 e. The number of rotatable bonds is 3. The minimum atomic E-state index is -0.352. The van der Waals surface area contributed by atoms with Crippen LogP contribution >= 0.6 is 11.8 Å². The summed E-state index contributed by atoms with van der Waals surface area (Å²) < 4.78 is 0. The smallest absolute Gasteiger partial charge is 0.264 e. The molecule has 0 saturated carbocycles. The normalized spacial score (nSPS) is 16.3. The summed E-state index contributed by atoms with van der Waals surface area (Å²) >= 11 is 1.69. The number of hydrogen-bond donors (Lipinski definition) is 0. The number of nitro groups is 1. The molecule has 4 rings (SSSR count). The molecule has 0 saturated heterocycles. The summed E-state index contributed by atoms with van der Waals surface area (Å²) in [4.78, 5) is 20.9. The molecule has 0 unspecified atom stereocenters. The van der Waals surface area contributed by atoms with Gasteiger partial charge in [0.1, 0.15) is 0 Å². The zero-order valence-corrected chi connectivity index (χ0v) is 14.6. The van der Waals surface area contributed by atoms with E-state index in [1.165, 1.54) is 6.07 Å². The lowest BCUT2D eigenvalue weighted by Crippen LogP contribution is -2.06.